The van der Waals surface area contributed by atoms with E-state index in [1.807, 2.05) is 6.07 Å². The highest BCUT2D eigenvalue weighted by molar-refractivity contribution is 9.10. The smallest absolute Gasteiger partial charge is 0.129 e. The lowest BCUT2D eigenvalue weighted by molar-refractivity contribution is 0.532. The Morgan fingerprint density at radius 1 is 1.25 bits per heavy atom. The molecule has 2 rings (SSSR count). The van der Waals surface area contributed by atoms with Crippen LogP contribution in [-0.2, 0) is 6.42 Å². The molecule has 2 aromatic rings. The van der Waals surface area contributed by atoms with Crippen molar-refractivity contribution in [3.8, 4) is 0 Å². The van der Waals surface area contributed by atoms with Gasteiger partial charge in [0.15, 0.2) is 0 Å². The zero-order valence-electron chi connectivity index (χ0n) is 10.8. The van der Waals surface area contributed by atoms with E-state index in [4.69, 9.17) is 11.6 Å². The van der Waals surface area contributed by atoms with Gasteiger partial charge in [0, 0.05) is 21.1 Å². The maximum Gasteiger partial charge on any atom is 0.129 e. The monoisotopic (exact) mass is 359 g/mol. The van der Waals surface area contributed by atoms with Crippen LogP contribution in [0.5, 0.6) is 0 Å². The molecular formula is C15H13BrClF2N. The molecule has 0 amide bonds. The van der Waals surface area contributed by atoms with E-state index >= 15 is 0 Å². The third-order valence-corrected chi connectivity index (χ3v) is 3.85. The molecule has 1 atom stereocenters. The summed E-state index contributed by atoms with van der Waals surface area (Å²) < 4.78 is 28.0. The molecule has 0 radical (unpaired) electrons. The minimum Gasteiger partial charge on any atom is -0.313 e. The third-order valence-electron chi connectivity index (χ3n) is 3.06. The number of nitrogens with one attached hydrogen (secondary N) is 1. The van der Waals surface area contributed by atoms with Gasteiger partial charge in [0.2, 0.25) is 0 Å². The number of rotatable bonds is 4. The molecule has 0 aliphatic carbocycles. The summed E-state index contributed by atoms with van der Waals surface area (Å²) in [5.41, 5.74) is 1.16. The minimum atomic E-state index is -0.368. The van der Waals surface area contributed by atoms with Crippen LogP contribution in [0.1, 0.15) is 17.2 Å². The fourth-order valence-electron chi connectivity index (χ4n) is 2.16. The molecule has 0 spiro atoms. The summed E-state index contributed by atoms with van der Waals surface area (Å²) >= 11 is 9.32. The maximum atomic E-state index is 13.9. The molecule has 1 nitrogen and oxygen atoms in total. The van der Waals surface area contributed by atoms with E-state index in [0.29, 0.717) is 21.5 Å². The standard InChI is InChI=1S/C15H13BrClF2N/c1-20-14(15-12(17)3-2-4-13(15)19)7-9-5-10(16)8-11(18)6-9/h2-6,8,14,20H,7H2,1H3. The zero-order valence-corrected chi connectivity index (χ0v) is 13.1. The summed E-state index contributed by atoms with van der Waals surface area (Å²) in [7, 11) is 1.72. The fraction of sp³-hybridized carbons (Fsp3) is 0.200. The van der Waals surface area contributed by atoms with Gasteiger partial charge in [-0.05, 0) is 49.4 Å². The molecule has 0 saturated heterocycles. The van der Waals surface area contributed by atoms with Gasteiger partial charge in [0.1, 0.15) is 11.6 Å². The molecule has 106 valence electrons. The summed E-state index contributed by atoms with van der Waals surface area (Å²) in [6.45, 7) is 0. The van der Waals surface area contributed by atoms with E-state index in [2.05, 4.69) is 21.2 Å². The van der Waals surface area contributed by atoms with Gasteiger partial charge in [-0.3, -0.25) is 0 Å². The number of hydrogen-bond acceptors (Lipinski definition) is 1. The Bertz CT molecular complexity index is 578. The average Bonchev–Trinajstić information content (AvgIpc) is 2.36. The summed E-state index contributed by atoms with van der Waals surface area (Å²) in [5, 5.41) is 3.39. The topological polar surface area (TPSA) is 12.0 Å². The van der Waals surface area contributed by atoms with Crippen molar-refractivity contribution in [1.29, 1.82) is 0 Å². The number of likely N-dealkylation sites (N-methyl/N-ethyl adjacent to an activating group) is 1. The predicted octanol–water partition coefficient (Wildman–Crippen LogP) is 4.88. The number of halogens is 4. The highest BCUT2D eigenvalue weighted by atomic mass is 79.9. The first-order valence-electron chi connectivity index (χ1n) is 6.07. The molecule has 1 unspecified atom stereocenters. The Morgan fingerprint density at radius 3 is 2.60 bits per heavy atom. The summed E-state index contributed by atoms with van der Waals surface area (Å²) in [6.07, 6.45) is 0.438. The molecule has 1 N–H and O–H groups in total. The molecule has 0 bridgehead atoms. The van der Waals surface area contributed by atoms with Gasteiger partial charge in [0.05, 0.1) is 0 Å². The zero-order chi connectivity index (χ0) is 14.7. The van der Waals surface area contributed by atoms with E-state index in [1.165, 1.54) is 18.2 Å². The van der Waals surface area contributed by atoms with Gasteiger partial charge in [-0.2, -0.15) is 0 Å². The van der Waals surface area contributed by atoms with Crippen LogP contribution in [0, 0.1) is 11.6 Å². The van der Waals surface area contributed by atoms with Crippen molar-refractivity contribution in [1.82, 2.24) is 5.32 Å². The lowest BCUT2D eigenvalue weighted by Gasteiger charge is -2.19. The van der Waals surface area contributed by atoms with Crippen molar-refractivity contribution in [2.24, 2.45) is 0 Å². The van der Waals surface area contributed by atoms with E-state index in [-0.39, 0.29) is 17.7 Å². The largest absolute Gasteiger partial charge is 0.313 e. The molecule has 20 heavy (non-hydrogen) atoms. The Labute approximate surface area is 130 Å². The Balaban J connectivity index is 2.34. The fourth-order valence-corrected chi connectivity index (χ4v) is 2.96. The highest BCUT2D eigenvalue weighted by Crippen LogP contribution is 2.29. The van der Waals surface area contributed by atoms with Crippen molar-refractivity contribution < 1.29 is 8.78 Å². The van der Waals surface area contributed by atoms with Crippen LogP contribution in [0.25, 0.3) is 0 Å². The molecule has 0 aliphatic rings. The van der Waals surface area contributed by atoms with Crippen molar-refractivity contribution >= 4 is 27.5 Å². The van der Waals surface area contributed by atoms with Crippen molar-refractivity contribution in [3.63, 3.8) is 0 Å². The first-order valence-corrected chi connectivity index (χ1v) is 7.24. The van der Waals surface area contributed by atoms with Crippen molar-refractivity contribution in [2.75, 3.05) is 7.05 Å². The van der Waals surface area contributed by atoms with E-state index in [1.54, 1.807) is 19.2 Å². The van der Waals surface area contributed by atoms with Crippen LogP contribution in [0.15, 0.2) is 40.9 Å². The molecule has 0 aliphatic heterocycles. The normalized spacial score (nSPS) is 12.4. The molecule has 2 aromatic carbocycles. The van der Waals surface area contributed by atoms with Crippen LogP contribution in [0.4, 0.5) is 8.78 Å². The highest BCUT2D eigenvalue weighted by Gasteiger charge is 2.18. The van der Waals surface area contributed by atoms with Crippen LogP contribution < -0.4 is 5.32 Å². The van der Waals surface area contributed by atoms with Gasteiger partial charge in [0.25, 0.3) is 0 Å². The van der Waals surface area contributed by atoms with E-state index in [9.17, 15) is 8.78 Å². The maximum absolute atomic E-state index is 13.9. The molecular weight excluding hydrogens is 348 g/mol. The first kappa shape index (κ1) is 15.4. The number of hydrogen-bond donors (Lipinski definition) is 1. The van der Waals surface area contributed by atoms with Crippen molar-refractivity contribution in [3.05, 3.63) is 68.7 Å². The summed E-state index contributed by atoms with van der Waals surface area (Å²) in [6, 6.07) is 8.88. The van der Waals surface area contributed by atoms with Crippen LogP contribution >= 0.6 is 27.5 Å². The quantitative estimate of drug-likeness (QED) is 0.819. The molecule has 0 heterocycles. The van der Waals surface area contributed by atoms with Gasteiger partial charge in [-0.25, -0.2) is 8.78 Å². The van der Waals surface area contributed by atoms with Gasteiger partial charge < -0.3 is 5.32 Å². The molecule has 5 heteroatoms. The van der Waals surface area contributed by atoms with Crippen molar-refractivity contribution in [2.45, 2.75) is 12.5 Å². The Morgan fingerprint density at radius 2 is 2.00 bits per heavy atom. The minimum absolute atomic E-state index is 0.322. The summed E-state index contributed by atoms with van der Waals surface area (Å²) in [4.78, 5) is 0. The Kier molecular flexibility index (Phi) is 5.13. The van der Waals surface area contributed by atoms with E-state index < -0.39 is 0 Å². The Hall–Kier alpha value is -0.970. The molecule has 0 fully saturated rings. The number of benzene rings is 2. The SMILES string of the molecule is CNC(Cc1cc(F)cc(Br)c1)c1c(F)cccc1Cl. The van der Waals surface area contributed by atoms with Crippen LogP contribution in [0.3, 0.4) is 0 Å². The average molecular weight is 361 g/mol. The lowest BCUT2D eigenvalue weighted by atomic mass is 9.98. The molecule has 0 saturated carbocycles. The first-order chi connectivity index (χ1) is 9.51. The van der Waals surface area contributed by atoms with Gasteiger partial charge in [-0.1, -0.05) is 33.6 Å². The second-order valence-corrected chi connectivity index (χ2v) is 5.78. The second kappa shape index (κ2) is 6.66. The predicted molar refractivity (Wildman–Crippen MR) is 81.0 cm³/mol. The lowest BCUT2D eigenvalue weighted by Crippen LogP contribution is -2.20. The third kappa shape index (κ3) is 3.57. The summed E-state index contributed by atoms with van der Waals surface area (Å²) in [5.74, 6) is -0.698. The van der Waals surface area contributed by atoms with Gasteiger partial charge >= 0.3 is 0 Å². The van der Waals surface area contributed by atoms with Crippen LogP contribution in [0.2, 0.25) is 5.02 Å². The second-order valence-electron chi connectivity index (χ2n) is 4.46. The van der Waals surface area contributed by atoms with E-state index in [0.717, 1.165) is 5.56 Å². The van der Waals surface area contributed by atoms with Gasteiger partial charge in [-0.15, -0.1) is 0 Å². The molecule has 0 aromatic heterocycles. The van der Waals surface area contributed by atoms with Crippen LogP contribution in [-0.4, -0.2) is 7.05 Å².